The number of hydrogen-bond donors (Lipinski definition) is 0. The second-order valence-corrected chi connectivity index (χ2v) is 8.03. The average Bonchev–Trinajstić information content (AvgIpc) is 2.98. The van der Waals surface area contributed by atoms with Gasteiger partial charge in [-0.3, -0.25) is 9.69 Å². The topological polar surface area (TPSA) is 45.6 Å². The molecule has 1 aromatic carbocycles. The van der Waals surface area contributed by atoms with Crippen molar-refractivity contribution in [2.24, 2.45) is 4.99 Å². The van der Waals surface area contributed by atoms with Crippen molar-refractivity contribution in [2.75, 3.05) is 0 Å². The SMILES string of the molecule is Cc1cccc(/N=C2/S/C(=C\c3ccccc3)C(=O)N2C2CCCCC2)n1. The van der Waals surface area contributed by atoms with Crippen LogP contribution in [0.3, 0.4) is 0 Å². The highest BCUT2D eigenvalue weighted by molar-refractivity contribution is 8.18. The Bertz CT molecular complexity index is 885. The van der Waals surface area contributed by atoms with Crippen LogP contribution in [0.2, 0.25) is 0 Å². The first-order valence-electron chi connectivity index (χ1n) is 9.51. The van der Waals surface area contributed by atoms with Gasteiger partial charge in [0.2, 0.25) is 0 Å². The summed E-state index contributed by atoms with van der Waals surface area (Å²) in [5.41, 5.74) is 1.96. The average molecular weight is 378 g/mol. The van der Waals surface area contributed by atoms with Crippen LogP contribution in [0.25, 0.3) is 6.08 Å². The molecule has 0 spiro atoms. The van der Waals surface area contributed by atoms with Gasteiger partial charge in [-0.05, 0) is 55.3 Å². The van der Waals surface area contributed by atoms with E-state index in [1.165, 1.54) is 31.0 Å². The number of aliphatic imine (C=N–C) groups is 1. The van der Waals surface area contributed by atoms with Gasteiger partial charge in [0.1, 0.15) is 0 Å². The molecular weight excluding hydrogens is 354 g/mol. The van der Waals surface area contributed by atoms with E-state index < -0.39 is 0 Å². The van der Waals surface area contributed by atoms with Gasteiger partial charge in [-0.1, -0.05) is 55.7 Å². The number of carbonyl (C=O) groups is 1. The van der Waals surface area contributed by atoms with Crippen LogP contribution >= 0.6 is 11.8 Å². The van der Waals surface area contributed by atoms with Gasteiger partial charge >= 0.3 is 0 Å². The smallest absolute Gasteiger partial charge is 0.267 e. The maximum absolute atomic E-state index is 13.2. The molecule has 1 aliphatic carbocycles. The number of amidine groups is 1. The molecule has 1 aliphatic heterocycles. The summed E-state index contributed by atoms with van der Waals surface area (Å²) < 4.78 is 0. The molecule has 5 heteroatoms. The summed E-state index contributed by atoms with van der Waals surface area (Å²) in [7, 11) is 0. The number of benzene rings is 1. The van der Waals surface area contributed by atoms with Gasteiger partial charge in [0.25, 0.3) is 5.91 Å². The highest BCUT2D eigenvalue weighted by Gasteiger charge is 2.38. The van der Waals surface area contributed by atoms with Gasteiger partial charge in [0, 0.05) is 11.7 Å². The number of hydrogen-bond acceptors (Lipinski definition) is 4. The Morgan fingerprint density at radius 2 is 1.85 bits per heavy atom. The largest absolute Gasteiger partial charge is 0.283 e. The third-order valence-electron chi connectivity index (χ3n) is 4.96. The molecule has 2 aromatic rings. The van der Waals surface area contributed by atoms with Crippen molar-refractivity contribution in [3.05, 3.63) is 64.7 Å². The van der Waals surface area contributed by atoms with Crippen LogP contribution in [0.1, 0.15) is 43.4 Å². The molecule has 1 saturated carbocycles. The Hall–Kier alpha value is -2.40. The first kappa shape index (κ1) is 18.0. The molecule has 1 saturated heterocycles. The molecule has 0 atom stereocenters. The fraction of sp³-hybridized carbons (Fsp3) is 0.318. The van der Waals surface area contributed by atoms with Gasteiger partial charge in [0.05, 0.1) is 4.91 Å². The van der Waals surface area contributed by atoms with E-state index in [2.05, 4.69) is 4.98 Å². The summed E-state index contributed by atoms with van der Waals surface area (Å²) in [4.78, 5) is 25.1. The molecule has 1 amide bonds. The lowest BCUT2D eigenvalue weighted by Gasteiger charge is -2.30. The summed E-state index contributed by atoms with van der Waals surface area (Å²) in [6, 6.07) is 16.0. The van der Waals surface area contributed by atoms with Crippen molar-refractivity contribution in [2.45, 2.75) is 45.1 Å². The molecular formula is C22H23N3OS. The standard InChI is InChI=1S/C22H23N3OS/c1-16-9-8-14-20(23-16)24-22-25(18-12-6-3-7-13-18)21(26)19(27-22)15-17-10-4-2-5-11-17/h2,4-5,8-11,14-15,18H,3,6-7,12-13H2,1H3/b19-15-,24-22+. The highest BCUT2D eigenvalue weighted by Crippen LogP contribution is 2.38. The molecule has 138 valence electrons. The minimum Gasteiger partial charge on any atom is -0.283 e. The van der Waals surface area contributed by atoms with E-state index in [1.807, 2.05) is 66.4 Å². The van der Waals surface area contributed by atoms with Gasteiger partial charge in [-0.25, -0.2) is 9.98 Å². The zero-order chi connectivity index (χ0) is 18.6. The quantitative estimate of drug-likeness (QED) is 0.680. The van der Waals surface area contributed by atoms with Gasteiger partial charge in [-0.15, -0.1) is 0 Å². The van der Waals surface area contributed by atoms with Crippen molar-refractivity contribution in [3.63, 3.8) is 0 Å². The Morgan fingerprint density at radius 3 is 2.59 bits per heavy atom. The van der Waals surface area contributed by atoms with Gasteiger partial charge in [0.15, 0.2) is 11.0 Å². The first-order chi connectivity index (χ1) is 13.2. The highest BCUT2D eigenvalue weighted by atomic mass is 32.2. The zero-order valence-corrected chi connectivity index (χ0v) is 16.3. The van der Waals surface area contributed by atoms with Crippen molar-refractivity contribution in [3.8, 4) is 0 Å². The number of amides is 1. The minimum atomic E-state index is 0.0714. The monoisotopic (exact) mass is 377 g/mol. The number of thioether (sulfide) groups is 1. The van der Waals surface area contributed by atoms with E-state index in [4.69, 9.17) is 4.99 Å². The normalized spacial score (nSPS) is 21.4. The number of aryl methyl sites for hydroxylation is 1. The molecule has 1 aromatic heterocycles. The number of aromatic nitrogens is 1. The Morgan fingerprint density at radius 1 is 1.07 bits per heavy atom. The van der Waals surface area contributed by atoms with E-state index in [0.717, 1.165) is 34.2 Å². The van der Waals surface area contributed by atoms with E-state index in [0.29, 0.717) is 5.82 Å². The lowest BCUT2D eigenvalue weighted by Crippen LogP contribution is -2.40. The molecule has 4 nitrogen and oxygen atoms in total. The molecule has 2 fully saturated rings. The fourth-order valence-corrected chi connectivity index (χ4v) is 4.66. The van der Waals surface area contributed by atoms with Crippen LogP contribution in [-0.4, -0.2) is 27.0 Å². The van der Waals surface area contributed by atoms with Crippen LogP contribution in [0.15, 0.2) is 58.4 Å². The van der Waals surface area contributed by atoms with Crippen molar-refractivity contribution in [1.82, 2.24) is 9.88 Å². The first-order valence-corrected chi connectivity index (χ1v) is 10.3. The van der Waals surface area contributed by atoms with Gasteiger partial charge in [-0.2, -0.15) is 0 Å². The summed E-state index contributed by atoms with van der Waals surface area (Å²) in [5, 5.41) is 0.757. The number of carbonyl (C=O) groups excluding carboxylic acids is 1. The maximum Gasteiger partial charge on any atom is 0.267 e. The molecule has 4 rings (SSSR count). The second-order valence-electron chi connectivity index (χ2n) is 7.02. The van der Waals surface area contributed by atoms with Crippen molar-refractivity contribution in [1.29, 1.82) is 0 Å². The van der Waals surface area contributed by atoms with Crippen LogP contribution in [-0.2, 0) is 4.79 Å². The molecule has 0 unspecified atom stereocenters. The molecule has 0 bridgehead atoms. The molecule has 2 heterocycles. The van der Waals surface area contributed by atoms with Crippen LogP contribution in [0.5, 0.6) is 0 Å². The lowest BCUT2D eigenvalue weighted by atomic mass is 9.94. The van der Waals surface area contributed by atoms with Crippen LogP contribution in [0.4, 0.5) is 5.82 Å². The number of pyridine rings is 1. The Kier molecular flexibility index (Phi) is 5.39. The number of rotatable bonds is 3. The molecule has 27 heavy (non-hydrogen) atoms. The third kappa shape index (κ3) is 4.14. The fourth-order valence-electron chi connectivity index (χ4n) is 3.62. The van der Waals surface area contributed by atoms with E-state index in [9.17, 15) is 4.79 Å². The Labute approximate surface area is 164 Å². The van der Waals surface area contributed by atoms with E-state index in [-0.39, 0.29) is 11.9 Å². The molecule has 2 aliphatic rings. The van der Waals surface area contributed by atoms with Gasteiger partial charge < -0.3 is 0 Å². The van der Waals surface area contributed by atoms with Crippen LogP contribution in [0, 0.1) is 6.92 Å². The predicted molar refractivity (Wildman–Crippen MR) is 112 cm³/mol. The summed E-state index contributed by atoms with van der Waals surface area (Å²) >= 11 is 1.46. The third-order valence-corrected chi connectivity index (χ3v) is 5.94. The second kappa shape index (κ2) is 8.09. The Balaban J connectivity index is 1.70. The summed E-state index contributed by atoms with van der Waals surface area (Å²) in [5.74, 6) is 0.731. The summed E-state index contributed by atoms with van der Waals surface area (Å²) in [6.45, 7) is 1.95. The minimum absolute atomic E-state index is 0.0714. The predicted octanol–water partition coefficient (Wildman–Crippen LogP) is 5.33. The van der Waals surface area contributed by atoms with E-state index in [1.54, 1.807) is 0 Å². The van der Waals surface area contributed by atoms with Crippen molar-refractivity contribution < 1.29 is 4.79 Å². The zero-order valence-electron chi connectivity index (χ0n) is 15.5. The molecule has 0 N–H and O–H groups in total. The summed E-state index contributed by atoms with van der Waals surface area (Å²) in [6.07, 6.45) is 7.66. The molecule has 0 radical (unpaired) electrons. The lowest BCUT2D eigenvalue weighted by molar-refractivity contribution is -0.124. The number of nitrogens with zero attached hydrogens (tertiary/aromatic N) is 3. The van der Waals surface area contributed by atoms with Crippen molar-refractivity contribution >= 4 is 34.7 Å². The maximum atomic E-state index is 13.2. The van der Waals surface area contributed by atoms with Crippen LogP contribution < -0.4 is 0 Å². The van der Waals surface area contributed by atoms with E-state index >= 15 is 0 Å².